The van der Waals surface area contributed by atoms with E-state index >= 15 is 0 Å². The van der Waals surface area contributed by atoms with Crippen LogP contribution in [-0.4, -0.2) is 41.2 Å². The van der Waals surface area contributed by atoms with E-state index in [0.717, 1.165) is 10.9 Å². The molecule has 1 saturated heterocycles. The van der Waals surface area contributed by atoms with Gasteiger partial charge in [0.15, 0.2) is 6.10 Å². The van der Waals surface area contributed by atoms with Crippen LogP contribution in [0.4, 0.5) is 0 Å². The Balaban J connectivity index is 1.93. The highest BCUT2D eigenvalue weighted by molar-refractivity contribution is 9.10. The molecule has 20 heavy (non-hydrogen) atoms. The molecule has 1 N–H and O–H groups in total. The Morgan fingerprint density at radius 2 is 2.10 bits per heavy atom. The molecule has 2 rings (SSSR count). The Morgan fingerprint density at radius 1 is 1.45 bits per heavy atom. The van der Waals surface area contributed by atoms with Crippen LogP contribution in [0.2, 0.25) is 0 Å². The average molecular weight is 342 g/mol. The van der Waals surface area contributed by atoms with Crippen molar-refractivity contribution in [3.8, 4) is 5.75 Å². The molecule has 0 bridgehead atoms. The fraction of sp³-hybridized carbons (Fsp3) is 0.533. The molecule has 1 fully saturated rings. The van der Waals surface area contributed by atoms with Crippen LogP contribution in [0.1, 0.15) is 20.3 Å². The average Bonchev–Trinajstić information content (AvgIpc) is 2.43. The van der Waals surface area contributed by atoms with Gasteiger partial charge in [0, 0.05) is 17.6 Å². The molecule has 1 aliphatic heterocycles. The fourth-order valence-corrected chi connectivity index (χ4v) is 2.54. The van der Waals surface area contributed by atoms with Gasteiger partial charge in [-0.1, -0.05) is 22.9 Å². The van der Waals surface area contributed by atoms with E-state index in [1.807, 2.05) is 31.2 Å². The monoisotopic (exact) mass is 341 g/mol. The molecular weight excluding hydrogens is 322 g/mol. The van der Waals surface area contributed by atoms with Gasteiger partial charge in [-0.15, -0.1) is 0 Å². The van der Waals surface area contributed by atoms with E-state index in [4.69, 9.17) is 4.74 Å². The minimum absolute atomic E-state index is 0.0705. The number of halogens is 1. The molecule has 0 aromatic heterocycles. The minimum atomic E-state index is -0.545. The predicted octanol–water partition coefficient (Wildman–Crippen LogP) is 2.45. The predicted molar refractivity (Wildman–Crippen MR) is 80.6 cm³/mol. The number of ether oxygens (including phenoxy) is 1. The zero-order valence-corrected chi connectivity index (χ0v) is 13.3. The summed E-state index contributed by atoms with van der Waals surface area (Å²) in [5.74, 6) is 0.848. The number of hydrogen-bond acceptors (Lipinski definition) is 3. The summed E-state index contributed by atoms with van der Waals surface area (Å²) in [4.78, 5) is 14.0. The molecule has 1 aromatic carbocycles. The van der Waals surface area contributed by atoms with Gasteiger partial charge in [0.05, 0.1) is 6.10 Å². The molecule has 110 valence electrons. The quantitative estimate of drug-likeness (QED) is 0.918. The number of nitrogens with zero attached hydrogens (tertiary/aromatic N) is 1. The van der Waals surface area contributed by atoms with Crippen molar-refractivity contribution >= 4 is 21.8 Å². The molecular formula is C15H20BrNO3. The zero-order chi connectivity index (χ0) is 14.7. The number of β-amino-alcohol motifs (C(OH)–C–C–N with tert-alkyl or cyclic N) is 1. The van der Waals surface area contributed by atoms with Crippen molar-refractivity contribution in [3.05, 3.63) is 28.7 Å². The minimum Gasteiger partial charge on any atom is -0.481 e. The number of amides is 1. The van der Waals surface area contributed by atoms with Crippen LogP contribution >= 0.6 is 15.9 Å². The van der Waals surface area contributed by atoms with Crippen LogP contribution in [0.25, 0.3) is 0 Å². The molecule has 0 spiro atoms. The molecule has 0 aliphatic carbocycles. The number of carbonyl (C=O) groups excluding carboxylic acids is 1. The van der Waals surface area contributed by atoms with Crippen LogP contribution in [0, 0.1) is 5.92 Å². The maximum absolute atomic E-state index is 12.3. The highest BCUT2D eigenvalue weighted by atomic mass is 79.9. The van der Waals surface area contributed by atoms with Crippen LogP contribution in [0.3, 0.4) is 0 Å². The van der Waals surface area contributed by atoms with Gasteiger partial charge < -0.3 is 14.7 Å². The Morgan fingerprint density at radius 3 is 2.70 bits per heavy atom. The number of hydrogen-bond donors (Lipinski definition) is 1. The number of likely N-dealkylation sites (tertiary alicyclic amines) is 1. The molecule has 5 heteroatoms. The molecule has 1 aromatic rings. The van der Waals surface area contributed by atoms with E-state index in [-0.39, 0.29) is 11.8 Å². The third-order valence-corrected chi connectivity index (χ3v) is 4.23. The van der Waals surface area contributed by atoms with Gasteiger partial charge in [-0.3, -0.25) is 4.79 Å². The smallest absolute Gasteiger partial charge is 0.263 e. The van der Waals surface area contributed by atoms with Crippen LogP contribution in [0.15, 0.2) is 28.7 Å². The van der Waals surface area contributed by atoms with E-state index in [1.54, 1.807) is 11.8 Å². The largest absolute Gasteiger partial charge is 0.481 e. The standard InChI is InChI=1S/C15H20BrNO3/c1-10-7-8-17(9-14(10)18)15(19)11(2)20-13-5-3-12(16)4-6-13/h3-6,10-11,14,18H,7-9H2,1-2H3. The van der Waals surface area contributed by atoms with Gasteiger partial charge in [-0.2, -0.15) is 0 Å². The van der Waals surface area contributed by atoms with Gasteiger partial charge >= 0.3 is 0 Å². The van der Waals surface area contributed by atoms with Crippen LogP contribution in [-0.2, 0) is 4.79 Å². The first-order valence-electron chi connectivity index (χ1n) is 6.86. The lowest BCUT2D eigenvalue weighted by Crippen LogP contribution is -2.49. The van der Waals surface area contributed by atoms with Gasteiger partial charge in [0.25, 0.3) is 5.91 Å². The Labute approximate surface area is 127 Å². The first kappa shape index (κ1) is 15.3. The summed E-state index contributed by atoms with van der Waals surface area (Å²) in [6, 6.07) is 7.39. The first-order valence-corrected chi connectivity index (χ1v) is 7.65. The van der Waals surface area contributed by atoms with Gasteiger partial charge in [-0.05, 0) is 43.5 Å². The lowest BCUT2D eigenvalue weighted by molar-refractivity contribution is -0.142. The topological polar surface area (TPSA) is 49.8 Å². The van der Waals surface area contributed by atoms with Crippen LogP contribution in [0.5, 0.6) is 5.75 Å². The van der Waals surface area contributed by atoms with Gasteiger partial charge in [-0.25, -0.2) is 0 Å². The van der Waals surface area contributed by atoms with E-state index in [9.17, 15) is 9.90 Å². The molecule has 1 aliphatic rings. The van der Waals surface area contributed by atoms with E-state index in [0.29, 0.717) is 18.8 Å². The molecule has 1 amide bonds. The number of aliphatic hydroxyl groups excluding tert-OH is 1. The zero-order valence-electron chi connectivity index (χ0n) is 11.8. The van der Waals surface area contributed by atoms with Crippen molar-refractivity contribution in [1.29, 1.82) is 0 Å². The second-order valence-electron chi connectivity index (χ2n) is 5.33. The second kappa shape index (κ2) is 6.59. The van der Waals surface area contributed by atoms with Gasteiger partial charge in [0.2, 0.25) is 0 Å². The SMILES string of the molecule is CC(Oc1ccc(Br)cc1)C(=O)N1CCC(C)C(O)C1. The second-order valence-corrected chi connectivity index (χ2v) is 6.25. The summed E-state index contributed by atoms with van der Waals surface area (Å²) in [5.41, 5.74) is 0. The molecule has 1 heterocycles. The van der Waals surface area contributed by atoms with Crippen LogP contribution < -0.4 is 4.74 Å². The molecule has 3 atom stereocenters. The summed E-state index contributed by atoms with van der Waals surface area (Å²) in [6.45, 7) is 4.84. The van der Waals surface area contributed by atoms with Crippen molar-refractivity contribution in [2.24, 2.45) is 5.92 Å². The number of piperidine rings is 1. The summed E-state index contributed by atoms with van der Waals surface area (Å²) in [7, 11) is 0. The maximum atomic E-state index is 12.3. The highest BCUT2D eigenvalue weighted by Crippen LogP contribution is 2.20. The molecule has 4 nitrogen and oxygen atoms in total. The summed E-state index contributed by atoms with van der Waals surface area (Å²) in [5, 5.41) is 9.86. The normalized spacial score (nSPS) is 24.3. The fourth-order valence-electron chi connectivity index (χ4n) is 2.27. The number of rotatable bonds is 3. The Kier molecular flexibility index (Phi) is 5.05. The molecule has 0 saturated carbocycles. The van der Waals surface area contributed by atoms with E-state index in [1.165, 1.54) is 0 Å². The number of benzene rings is 1. The number of aliphatic hydroxyl groups is 1. The van der Waals surface area contributed by atoms with Crippen molar-refractivity contribution in [2.75, 3.05) is 13.1 Å². The van der Waals surface area contributed by atoms with Crippen molar-refractivity contribution in [2.45, 2.75) is 32.5 Å². The lowest BCUT2D eigenvalue weighted by Gasteiger charge is -2.35. The van der Waals surface area contributed by atoms with E-state index < -0.39 is 12.2 Å². The Bertz CT molecular complexity index is 463. The third-order valence-electron chi connectivity index (χ3n) is 3.70. The maximum Gasteiger partial charge on any atom is 0.263 e. The van der Waals surface area contributed by atoms with Crippen molar-refractivity contribution in [1.82, 2.24) is 4.90 Å². The molecule has 0 radical (unpaired) electrons. The van der Waals surface area contributed by atoms with Crippen molar-refractivity contribution in [3.63, 3.8) is 0 Å². The van der Waals surface area contributed by atoms with Gasteiger partial charge in [0.1, 0.15) is 5.75 Å². The lowest BCUT2D eigenvalue weighted by atomic mass is 9.96. The highest BCUT2D eigenvalue weighted by Gasteiger charge is 2.30. The third kappa shape index (κ3) is 3.73. The van der Waals surface area contributed by atoms with E-state index in [2.05, 4.69) is 15.9 Å². The first-order chi connectivity index (χ1) is 9.47. The summed E-state index contributed by atoms with van der Waals surface area (Å²) >= 11 is 3.36. The number of carbonyl (C=O) groups is 1. The summed E-state index contributed by atoms with van der Waals surface area (Å²) < 4.78 is 6.62. The Hall–Kier alpha value is -1.07. The molecule has 3 unspecified atom stereocenters. The summed E-state index contributed by atoms with van der Waals surface area (Å²) in [6.07, 6.45) is -0.151. The van der Waals surface area contributed by atoms with Crippen molar-refractivity contribution < 1.29 is 14.6 Å².